The van der Waals surface area contributed by atoms with Crippen LogP contribution in [0.3, 0.4) is 0 Å². The summed E-state index contributed by atoms with van der Waals surface area (Å²) in [5.74, 6) is -0.337. The van der Waals surface area contributed by atoms with Crippen LogP contribution in [-0.2, 0) is 9.59 Å². The van der Waals surface area contributed by atoms with E-state index in [0.29, 0.717) is 0 Å². The molecular weight excluding hydrogens is 234 g/mol. The minimum atomic E-state index is -1.03. The highest BCUT2D eigenvalue weighted by Crippen LogP contribution is 2.44. The second-order valence-electron chi connectivity index (χ2n) is 5.52. The molecule has 0 radical (unpaired) electrons. The predicted molar refractivity (Wildman–Crippen MR) is 64.6 cm³/mol. The number of hydrogen-bond acceptors (Lipinski definition) is 4. The molecule has 1 aliphatic heterocycles. The first kappa shape index (κ1) is 13.5. The molecule has 0 aromatic rings. The highest BCUT2D eigenvalue weighted by atomic mass is 16.3. The molecule has 5 nitrogen and oxygen atoms in total. The summed E-state index contributed by atoms with van der Waals surface area (Å²) in [4.78, 5) is 25.5. The van der Waals surface area contributed by atoms with Crippen LogP contribution in [0.15, 0.2) is 0 Å². The summed E-state index contributed by atoms with van der Waals surface area (Å²) in [6, 6.07) is 0. The van der Waals surface area contributed by atoms with Crippen LogP contribution in [-0.4, -0.2) is 46.2 Å². The van der Waals surface area contributed by atoms with Crippen molar-refractivity contribution < 1.29 is 19.8 Å². The molecule has 18 heavy (non-hydrogen) atoms. The van der Waals surface area contributed by atoms with E-state index < -0.39 is 18.1 Å². The third kappa shape index (κ3) is 2.42. The first-order valence-corrected chi connectivity index (χ1v) is 6.73. The molecule has 1 aliphatic carbocycles. The predicted octanol–water partition coefficient (Wildman–Crippen LogP) is 0.439. The van der Waals surface area contributed by atoms with E-state index in [-0.39, 0.29) is 24.8 Å². The maximum absolute atomic E-state index is 12.4. The van der Waals surface area contributed by atoms with Gasteiger partial charge in [-0.2, -0.15) is 0 Å². The van der Waals surface area contributed by atoms with Gasteiger partial charge in [-0.15, -0.1) is 0 Å². The Morgan fingerprint density at radius 1 is 1.17 bits per heavy atom. The molecule has 102 valence electrons. The number of hydrogen-bond donors (Lipinski definition) is 2. The molecule has 1 saturated carbocycles. The lowest BCUT2D eigenvalue weighted by molar-refractivity contribution is -0.143. The molecule has 5 heteroatoms. The lowest BCUT2D eigenvalue weighted by Crippen LogP contribution is -2.41. The second-order valence-corrected chi connectivity index (χ2v) is 5.52. The standard InChI is InChI=1S/C13H21NO4/c15-9-10(16)8-14-11(17)7-13(12(14)18)5-3-1-2-4-6-13/h10,15-16H,1-9H2. The molecule has 0 aromatic carbocycles. The molecule has 2 rings (SSSR count). The van der Waals surface area contributed by atoms with E-state index in [1.807, 2.05) is 0 Å². The van der Waals surface area contributed by atoms with Crippen molar-refractivity contribution in [2.24, 2.45) is 5.41 Å². The number of carbonyl (C=O) groups excluding carboxylic acids is 2. The zero-order chi connectivity index (χ0) is 13.2. The van der Waals surface area contributed by atoms with Gasteiger partial charge in [0.1, 0.15) is 0 Å². The summed E-state index contributed by atoms with van der Waals surface area (Å²) >= 11 is 0. The van der Waals surface area contributed by atoms with Crippen molar-refractivity contribution in [1.29, 1.82) is 0 Å². The second kappa shape index (κ2) is 5.36. The third-order valence-electron chi connectivity index (χ3n) is 4.15. The SMILES string of the molecule is O=C1CC2(CCCCCC2)C(=O)N1CC(O)CO. The molecule has 2 amide bonds. The molecular formula is C13H21NO4. The number of nitrogens with zero attached hydrogens (tertiary/aromatic N) is 1. The normalized spacial score (nSPS) is 25.6. The van der Waals surface area contributed by atoms with Crippen molar-refractivity contribution in [3.63, 3.8) is 0 Å². The van der Waals surface area contributed by atoms with Gasteiger partial charge in [0, 0.05) is 6.42 Å². The topological polar surface area (TPSA) is 77.8 Å². The van der Waals surface area contributed by atoms with Crippen molar-refractivity contribution in [2.75, 3.05) is 13.2 Å². The summed E-state index contributed by atoms with van der Waals surface area (Å²) in [5, 5.41) is 18.2. The maximum Gasteiger partial charge on any atom is 0.235 e. The molecule has 0 aromatic heterocycles. The number of carbonyl (C=O) groups is 2. The quantitative estimate of drug-likeness (QED) is 0.717. The lowest BCUT2D eigenvalue weighted by atomic mass is 9.79. The van der Waals surface area contributed by atoms with Gasteiger partial charge in [-0.3, -0.25) is 14.5 Å². The number of likely N-dealkylation sites (tertiary alicyclic amines) is 1. The number of aliphatic hydroxyl groups is 2. The summed E-state index contributed by atoms with van der Waals surface area (Å²) < 4.78 is 0. The van der Waals surface area contributed by atoms with Crippen molar-refractivity contribution in [3.8, 4) is 0 Å². The Kier molecular flexibility index (Phi) is 4.02. The molecule has 1 unspecified atom stereocenters. The molecule has 1 heterocycles. The molecule has 2 fully saturated rings. The van der Waals surface area contributed by atoms with Gasteiger partial charge in [0.15, 0.2) is 0 Å². The van der Waals surface area contributed by atoms with E-state index in [4.69, 9.17) is 5.11 Å². The van der Waals surface area contributed by atoms with Crippen LogP contribution in [0.5, 0.6) is 0 Å². The lowest BCUT2D eigenvalue weighted by Gasteiger charge is -2.25. The van der Waals surface area contributed by atoms with Crippen molar-refractivity contribution >= 4 is 11.8 Å². The van der Waals surface area contributed by atoms with Crippen molar-refractivity contribution in [1.82, 2.24) is 4.90 Å². The van der Waals surface area contributed by atoms with Gasteiger partial charge in [-0.05, 0) is 12.8 Å². The Hall–Kier alpha value is -0.940. The van der Waals surface area contributed by atoms with Crippen LogP contribution in [0, 0.1) is 5.41 Å². The number of aliphatic hydroxyl groups excluding tert-OH is 2. The fourth-order valence-corrected chi connectivity index (χ4v) is 3.11. The van der Waals surface area contributed by atoms with E-state index in [9.17, 15) is 14.7 Å². The highest BCUT2D eigenvalue weighted by Gasteiger charge is 2.51. The van der Waals surface area contributed by atoms with E-state index in [1.54, 1.807) is 0 Å². The monoisotopic (exact) mass is 255 g/mol. The zero-order valence-corrected chi connectivity index (χ0v) is 10.6. The molecule has 2 N–H and O–H groups in total. The van der Waals surface area contributed by atoms with Gasteiger partial charge >= 0.3 is 0 Å². The maximum atomic E-state index is 12.4. The van der Waals surface area contributed by atoms with Gasteiger partial charge in [0.05, 0.1) is 24.7 Å². The molecule has 1 spiro atoms. The smallest absolute Gasteiger partial charge is 0.235 e. The fourth-order valence-electron chi connectivity index (χ4n) is 3.11. The van der Waals surface area contributed by atoms with Gasteiger partial charge in [0.2, 0.25) is 11.8 Å². The van der Waals surface area contributed by atoms with Gasteiger partial charge in [-0.1, -0.05) is 25.7 Å². The number of amides is 2. The first-order chi connectivity index (χ1) is 8.59. The average molecular weight is 255 g/mol. The van der Waals surface area contributed by atoms with E-state index in [2.05, 4.69) is 0 Å². The van der Waals surface area contributed by atoms with Crippen LogP contribution in [0.1, 0.15) is 44.9 Å². The highest BCUT2D eigenvalue weighted by molar-refractivity contribution is 6.05. The molecule has 1 saturated heterocycles. The number of imide groups is 1. The number of rotatable bonds is 3. The Balaban J connectivity index is 2.11. The minimum absolute atomic E-state index is 0.0735. The largest absolute Gasteiger partial charge is 0.394 e. The Labute approximate surface area is 107 Å². The third-order valence-corrected chi connectivity index (χ3v) is 4.15. The van der Waals surface area contributed by atoms with Crippen LogP contribution >= 0.6 is 0 Å². The molecule has 2 aliphatic rings. The van der Waals surface area contributed by atoms with E-state index >= 15 is 0 Å². The van der Waals surface area contributed by atoms with Crippen LogP contribution in [0.2, 0.25) is 0 Å². The van der Waals surface area contributed by atoms with Crippen LogP contribution in [0.25, 0.3) is 0 Å². The Morgan fingerprint density at radius 3 is 2.33 bits per heavy atom. The zero-order valence-electron chi connectivity index (χ0n) is 10.6. The number of β-amino-alcohol motifs (C(OH)–C–C–N with tert-alkyl or cyclic N) is 1. The Morgan fingerprint density at radius 2 is 1.78 bits per heavy atom. The van der Waals surface area contributed by atoms with Crippen molar-refractivity contribution in [2.45, 2.75) is 51.0 Å². The summed E-state index contributed by atoms with van der Waals surface area (Å²) in [6.45, 7) is -0.500. The van der Waals surface area contributed by atoms with Crippen LogP contribution in [0.4, 0.5) is 0 Å². The van der Waals surface area contributed by atoms with Gasteiger partial charge in [0.25, 0.3) is 0 Å². The summed E-state index contributed by atoms with van der Waals surface area (Å²) in [7, 11) is 0. The van der Waals surface area contributed by atoms with E-state index in [1.165, 1.54) is 0 Å². The average Bonchev–Trinajstić information content (AvgIpc) is 2.55. The van der Waals surface area contributed by atoms with Gasteiger partial charge in [-0.25, -0.2) is 0 Å². The summed E-state index contributed by atoms with van der Waals surface area (Å²) in [6.07, 6.45) is 5.06. The van der Waals surface area contributed by atoms with Crippen molar-refractivity contribution in [3.05, 3.63) is 0 Å². The molecule has 1 atom stereocenters. The fraction of sp³-hybridized carbons (Fsp3) is 0.846. The molecule has 0 bridgehead atoms. The summed E-state index contributed by atoms with van der Waals surface area (Å²) in [5.41, 5.74) is -0.511. The first-order valence-electron chi connectivity index (χ1n) is 6.73. The van der Waals surface area contributed by atoms with Crippen LogP contribution < -0.4 is 0 Å². The Bertz CT molecular complexity index is 334. The van der Waals surface area contributed by atoms with E-state index in [0.717, 1.165) is 43.4 Å². The minimum Gasteiger partial charge on any atom is -0.394 e. The van der Waals surface area contributed by atoms with Gasteiger partial charge < -0.3 is 10.2 Å².